The van der Waals surface area contributed by atoms with Crippen LogP contribution in [0.2, 0.25) is 0 Å². The first-order valence-electron chi connectivity index (χ1n) is 10.9. The van der Waals surface area contributed by atoms with E-state index in [4.69, 9.17) is 4.99 Å². The molecule has 3 aromatic carbocycles. The molecule has 0 bridgehead atoms. The molecule has 0 saturated carbocycles. The summed E-state index contributed by atoms with van der Waals surface area (Å²) >= 11 is 0. The van der Waals surface area contributed by atoms with Crippen LogP contribution in [-0.2, 0) is 16.0 Å². The number of fused-ring (bicyclic) bond motifs is 1. The zero-order valence-electron chi connectivity index (χ0n) is 18.5. The topological polar surface area (TPSA) is 61.8 Å². The summed E-state index contributed by atoms with van der Waals surface area (Å²) in [5.74, 6) is -0.316. The lowest BCUT2D eigenvalue weighted by Gasteiger charge is -2.22. The molecule has 0 saturated heterocycles. The van der Waals surface area contributed by atoms with Gasteiger partial charge >= 0.3 is 0 Å². The smallest absolute Gasteiger partial charge is 0.240 e. The van der Waals surface area contributed by atoms with E-state index in [2.05, 4.69) is 25.2 Å². The van der Waals surface area contributed by atoms with Crippen LogP contribution in [0.1, 0.15) is 28.7 Å². The van der Waals surface area contributed by atoms with Gasteiger partial charge in [-0.25, -0.2) is 0 Å². The Morgan fingerprint density at radius 3 is 2.50 bits per heavy atom. The third-order valence-corrected chi connectivity index (χ3v) is 5.77. The van der Waals surface area contributed by atoms with Gasteiger partial charge in [-0.1, -0.05) is 54.6 Å². The molecule has 1 aliphatic rings. The lowest BCUT2D eigenvalue weighted by Crippen LogP contribution is -2.41. The molecule has 0 fully saturated rings. The van der Waals surface area contributed by atoms with Gasteiger partial charge in [0.15, 0.2) is 0 Å². The molecule has 0 spiro atoms. The van der Waals surface area contributed by atoms with E-state index in [-0.39, 0.29) is 24.8 Å². The van der Waals surface area contributed by atoms with Crippen molar-refractivity contribution in [2.75, 3.05) is 18.0 Å². The van der Waals surface area contributed by atoms with Gasteiger partial charge in [-0.3, -0.25) is 14.6 Å². The van der Waals surface area contributed by atoms with Gasteiger partial charge in [0.05, 0.1) is 23.5 Å². The summed E-state index contributed by atoms with van der Waals surface area (Å²) in [6.45, 7) is 4.61. The van der Waals surface area contributed by atoms with Gasteiger partial charge in [0.2, 0.25) is 11.8 Å². The van der Waals surface area contributed by atoms with Gasteiger partial charge in [-0.15, -0.1) is 0 Å². The summed E-state index contributed by atoms with van der Waals surface area (Å²) < 4.78 is 0. The Balaban J connectivity index is 1.50. The summed E-state index contributed by atoms with van der Waals surface area (Å²) in [6.07, 6.45) is 0.894. The largest absolute Gasteiger partial charge is 0.354 e. The molecular formula is C27H27N3O2. The predicted molar refractivity (Wildman–Crippen MR) is 129 cm³/mol. The highest BCUT2D eigenvalue weighted by Gasteiger charge is 2.26. The number of benzene rings is 3. The normalized spacial score (nSPS) is 13.2. The van der Waals surface area contributed by atoms with Crippen molar-refractivity contribution in [1.82, 2.24) is 5.32 Å². The van der Waals surface area contributed by atoms with Gasteiger partial charge < -0.3 is 10.2 Å². The maximum atomic E-state index is 13.2. The van der Waals surface area contributed by atoms with Crippen LogP contribution in [0.15, 0.2) is 77.8 Å². The molecule has 1 aliphatic heterocycles. The number of para-hydroxylation sites is 2. The third-order valence-electron chi connectivity index (χ3n) is 5.77. The maximum Gasteiger partial charge on any atom is 0.240 e. The van der Waals surface area contributed by atoms with E-state index in [1.54, 1.807) is 4.90 Å². The van der Waals surface area contributed by atoms with E-state index in [9.17, 15) is 9.59 Å². The van der Waals surface area contributed by atoms with E-state index in [1.807, 2.05) is 66.7 Å². The number of aryl methyl sites for hydroxylation is 2. The summed E-state index contributed by atoms with van der Waals surface area (Å²) in [6, 6.07) is 23.6. The zero-order valence-corrected chi connectivity index (χ0v) is 18.5. The van der Waals surface area contributed by atoms with Crippen LogP contribution in [-0.4, -0.2) is 30.6 Å². The monoisotopic (exact) mass is 425 g/mol. The van der Waals surface area contributed by atoms with Gasteiger partial charge in [0, 0.05) is 6.54 Å². The first-order valence-corrected chi connectivity index (χ1v) is 10.9. The summed E-state index contributed by atoms with van der Waals surface area (Å²) in [7, 11) is 0. The van der Waals surface area contributed by atoms with E-state index in [0.717, 1.165) is 28.8 Å². The Morgan fingerprint density at radius 1 is 0.969 bits per heavy atom. The van der Waals surface area contributed by atoms with Crippen molar-refractivity contribution < 1.29 is 9.59 Å². The molecule has 32 heavy (non-hydrogen) atoms. The van der Waals surface area contributed by atoms with E-state index in [1.165, 1.54) is 5.56 Å². The molecular weight excluding hydrogens is 398 g/mol. The Kier molecular flexibility index (Phi) is 6.45. The molecule has 1 heterocycles. The molecule has 1 N–H and O–H groups in total. The van der Waals surface area contributed by atoms with E-state index in [0.29, 0.717) is 17.9 Å². The standard InChI is InChI=1S/C27H27N3O2/c1-19-12-13-22(16-20(19)2)24-17-27(32)30(25-11-7-6-10-23(25)29-24)18-26(31)28-15-14-21-8-4-3-5-9-21/h3-13,16H,14-15,17-18H2,1-2H3,(H,28,31). The summed E-state index contributed by atoms with van der Waals surface area (Å²) in [4.78, 5) is 32.2. The fourth-order valence-corrected chi connectivity index (χ4v) is 3.80. The Morgan fingerprint density at radius 2 is 1.72 bits per heavy atom. The molecule has 2 amide bonds. The molecule has 0 unspecified atom stereocenters. The molecule has 3 aromatic rings. The SMILES string of the molecule is Cc1ccc(C2=Nc3ccccc3N(CC(=O)NCCc3ccccc3)C(=O)C2)cc1C. The quantitative estimate of drug-likeness (QED) is 0.631. The van der Waals surface area contributed by atoms with Gasteiger partial charge in [-0.05, 0) is 60.7 Å². The van der Waals surface area contributed by atoms with Crippen LogP contribution in [0, 0.1) is 13.8 Å². The van der Waals surface area contributed by atoms with Crippen molar-refractivity contribution in [2.45, 2.75) is 26.7 Å². The Bertz CT molecular complexity index is 1170. The number of hydrogen-bond donors (Lipinski definition) is 1. The minimum atomic E-state index is -0.182. The van der Waals surface area contributed by atoms with E-state index >= 15 is 0 Å². The zero-order chi connectivity index (χ0) is 22.5. The Labute approximate surface area is 188 Å². The molecule has 5 heteroatoms. The van der Waals surface area contributed by atoms with Crippen molar-refractivity contribution in [3.63, 3.8) is 0 Å². The molecule has 0 aliphatic carbocycles. The number of rotatable bonds is 6. The number of carbonyl (C=O) groups is 2. The first-order chi connectivity index (χ1) is 15.5. The van der Waals surface area contributed by atoms with Crippen molar-refractivity contribution >= 4 is 28.9 Å². The highest BCUT2D eigenvalue weighted by atomic mass is 16.2. The number of anilines is 1. The second-order valence-corrected chi connectivity index (χ2v) is 8.09. The number of carbonyl (C=O) groups excluding carboxylic acids is 2. The van der Waals surface area contributed by atoms with Crippen molar-refractivity contribution in [1.29, 1.82) is 0 Å². The van der Waals surface area contributed by atoms with Crippen molar-refractivity contribution in [2.24, 2.45) is 4.99 Å². The minimum Gasteiger partial charge on any atom is -0.354 e. The summed E-state index contributed by atoms with van der Waals surface area (Å²) in [5.41, 5.74) is 6.53. The molecule has 4 rings (SSSR count). The van der Waals surface area contributed by atoms with Crippen LogP contribution in [0.25, 0.3) is 0 Å². The molecule has 0 radical (unpaired) electrons. The van der Waals surface area contributed by atoms with Crippen LogP contribution >= 0.6 is 0 Å². The molecule has 162 valence electrons. The predicted octanol–water partition coefficient (Wildman–Crippen LogP) is 4.52. The lowest BCUT2D eigenvalue weighted by atomic mass is 10.0. The van der Waals surface area contributed by atoms with Crippen LogP contribution < -0.4 is 10.2 Å². The second kappa shape index (κ2) is 9.60. The number of hydrogen-bond acceptors (Lipinski definition) is 3. The number of amides is 2. The highest BCUT2D eigenvalue weighted by molar-refractivity contribution is 6.18. The van der Waals surface area contributed by atoms with Gasteiger partial charge in [0.25, 0.3) is 0 Å². The molecule has 5 nitrogen and oxygen atoms in total. The number of nitrogens with zero attached hydrogens (tertiary/aromatic N) is 2. The minimum absolute atomic E-state index is 0.0274. The van der Waals surface area contributed by atoms with E-state index < -0.39 is 0 Å². The third kappa shape index (κ3) is 4.94. The van der Waals surface area contributed by atoms with Crippen molar-refractivity contribution in [3.8, 4) is 0 Å². The lowest BCUT2D eigenvalue weighted by molar-refractivity contribution is -0.123. The summed E-state index contributed by atoms with van der Waals surface area (Å²) in [5, 5.41) is 2.94. The molecule has 0 aromatic heterocycles. The highest BCUT2D eigenvalue weighted by Crippen LogP contribution is 2.33. The maximum absolute atomic E-state index is 13.2. The number of nitrogens with one attached hydrogen (secondary N) is 1. The van der Waals surface area contributed by atoms with Crippen LogP contribution in [0.4, 0.5) is 11.4 Å². The fourth-order valence-electron chi connectivity index (χ4n) is 3.80. The first kappa shape index (κ1) is 21.5. The second-order valence-electron chi connectivity index (χ2n) is 8.09. The van der Waals surface area contributed by atoms with Crippen LogP contribution in [0.3, 0.4) is 0 Å². The van der Waals surface area contributed by atoms with Crippen molar-refractivity contribution in [3.05, 3.63) is 95.1 Å². The average molecular weight is 426 g/mol. The average Bonchev–Trinajstić information content (AvgIpc) is 2.93. The Hall–Kier alpha value is -3.73. The van der Waals surface area contributed by atoms with Crippen LogP contribution in [0.5, 0.6) is 0 Å². The number of aliphatic imine (C=N–C) groups is 1. The fraction of sp³-hybridized carbons (Fsp3) is 0.222. The van der Waals surface area contributed by atoms with Gasteiger partial charge in [-0.2, -0.15) is 0 Å². The van der Waals surface area contributed by atoms with Gasteiger partial charge in [0.1, 0.15) is 6.54 Å². The molecule has 0 atom stereocenters.